The van der Waals surface area contributed by atoms with Crippen LogP contribution in [0.5, 0.6) is 0 Å². The predicted octanol–water partition coefficient (Wildman–Crippen LogP) is 2.81. The molecular formula is C14H24N2O2S2. The van der Waals surface area contributed by atoms with Gasteiger partial charge in [-0.3, -0.25) is 0 Å². The highest BCUT2D eigenvalue weighted by Gasteiger charge is 2.31. The van der Waals surface area contributed by atoms with Crippen LogP contribution in [0.2, 0.25) is 0 Å². The molecule has 6 heteroatoms. The van der Waals surface area contributed by atoms with Crippen LogP contribution in [0.25, 0.3) is 0 Å². The monoisotopic (exact) mass is 316 g/mol. The quantitative estimate of drug-likeness (QED) is 0.909. The topological polar surface area (TPSA) is 49.4 Å². The van der Waals surface area contributed by atoms with E-state index >= 15 is 0 Å². The first-order valence-electron chi connectivity index (χ1n) is 7.33. The van der Waals surface area contributed by atoms with Crippen molar-refractivity contribution in [1.82, 2.24) is 9.62 Å². The van der Waals surface area contributed by atoms with Gasteiger partial charge in [0, 0.05) is 29.4 Å². The first kappa shape index (κ1) is 15.9. The Hall–Kier alpha value is -0.430. The Bertz CT molecular complexity index is 525. The van der Waals surface area contributed by atoms with E-state index in [9.17, 15) is 8.42 Å². The molecule has 0 amide bonds. The normalized spacial score (nSPS) is 21.8. The van der Waals surface area contributed by atoms with Crippen molar-refractivity contribution in [3.63, 3.8) is 0 Å². The Balaban J connectivity index is 2.26. The van der Waals surface area contributed by atoms with E-state index in [1.807, 2.05) is 13.1 Å². The minimum absolute atomic E-state index is 0.162. The number of rotatable bonds is 5. The molecule has 1 aliphatic rings. The second-order valence-electron chi connectivity index (χ2n) is 5.31. The summed E-state index contributed by atoms with van der Waals surface area (Å²) in [4.78, 5) is 1.53. The van der Waals surface area contributed by atoms with Crippen molar-refractivity contribution >= 4 is 21.4 Å². The van der Waals surface area contributed by atoms with Gasteiger partial charge in [-0.05, 0) is 32.4 Å². The van der Waals surface area contributed by atoms with Gasteiger partial charge in [0.2, 0.25) is 10.0 Å². The van der Waals surface area contributed by atoms with Gasteiger partial charge in [0.15, 0.2) is 0 Å². The molecule has 1 aliphatic heterocycles. The van der Waals surface area contributed by atoms with Crippen molar-refractivity contribution in [2.45, 2.75) is 56.5 Å². The van der Waals surface area contributed by atoms with E-state index in [1.54, 1.807) is 9.69 Å². The molecule has 2 rings (SSSR count). The van der Waals surface area contributed by atoms with Gasteiger partial charge in [0.05, 0.1) is 4.90 Å². The minimum Gasteiger partial charge on any atom is -0.315 e. The molecule has 114 valence electrons. The van der Waals surface area contributed by atoms with E-state index in [2.05, 4.69) is 12.2 Å². The Morgan fingerprint density at radius 3 is 2.90 bits per heavy atom. The summed E-state index contributed by atoms with van der Waals surface area (Å²) in [6.07, 6.45) is 5.13. The van der Waals surface area contributed by atoms with E-state index in [1.165, 1.54) is 11.3 Å². The van der Waals surface area contributed by atoms with E-state index in [4.69, 9.17) is 0 Å². The third-order valence-electron chi connectivity index (χ3n) is 3.88. The summed E-state index contributed by atoms with van der Waals surface area (Å²) in [7, 11) is -1.46. The van der Waals surface area contributed by atoms with Gasteiger partial charge < -0.3 is 5.32 Å². The standard InChI is InChI=1S/C14H24N2O2S2/c1-3-12-7-5-4-6-8-16(12)20(17,18)14-9-13(10-15-2)19-11-14/h9,11-12,15H,3-8,10H2,1-2H3. The Kier molecular flexibility index (Phi) is 5.60. The van der Waals surface area contributed by atoms with Crippen LogP contribution in [0.4, 0.5) is 0 Å². The zero-order chi connectivity index (χ0) is 14.6. The molecule has 1 unspecified atom stereocenters. The van der Waals surface area contributed by atoms with E-state index in [0.717, 1.165) is 43.5 Å². The summed E-state index contributed by atoms with van der Waals surface area (Å²) >= 11 is 1.51. The maximum Gasteiger partial charge on any atom is 0.244 e. The number of hydrogen-bond acceptors (Lipinski definition) is 4. The third kappa shape index (κ3) is 3.42. The smallest absolute Gasteiger partial charge is 0.244 e. The highest BCUT2D eigenvalue weighted by atomic mass is 32.2. The fourth-order valence-corrected chi connectivity index (χ4v) is 5.82. The lowest BCUT2D eigenvalue weighted by molar-refractivity contribution is 0.315. The van der Waals surface area contributed by atoms with Crippen LogP contribution in [0.3, 0.4) is 0 Å². The van der Waals surface area contributed by atoms with Crippen molar-refractivity contribution in [1.29, 1.82) is 0 Å². The molecule has 0 spiro atoms. The van der Waals surface area contributed by atoms with Crippen molar-refractivity contribution in [2.24, 2.45) is 0 Å². The van der Waals surface area contributed by atoms with Crippen molar-refractivity contribution < 1.29 is 8.42 Å². The van der Waals surface area contributed by atoms with Gasteiger partial charge >= 0.3 is 0 Å². The lowest BCUT2D eigenvalue weighted by Crippen LogP contribution is -2.39. The van der Waals surface area contributed by atoms with Crippen LogP contribution in [0, 0.1) is 0 Å². The van der Waals surface area contributed by atoms with E-state index < -0.39 is 10.0 Å². The minimum atomic E-state index is -3.33. The van der Waals surface area contributed by atoms with Crippen molar-refractivity contribution in [3.8, 4) is 0 Å². The summed E-state index contributed by atoms with van der Waals surface area (Å²) in [6.45, 7) is 3.47. The molecule has 2 heterocycles. The summed E-state index contributed by atoms with van der Waals surface area (Å²) < 4.78 is 27.4. The Morgan fingerprint density at radius 1 is 1.40 bits per heavy atom. The van der Waals surface area contributed by atoms with E-state index in [0.29, 0.717) is 11.4 Å². The molecule has 1 atom stereocenters. The lowest BCUT2D eigenvalue weighted by Gasteiger charge is -2.27. The molecule has 0 saturated carbocycles. The van der Waals surface area contributed by atoms with Gasteiger partial charge in [-0.2, -0.15) is 4.31 Å². The molecule has 1 aromatic heterocycles. The zero-order valence-corrected chi connectivity index (χ0v) is 13.9. The van der Waals surface area contributed by atoms with Crippen LogP contribution in [0.1, 0.15) is 43.9 Å². The van der Waals surface area contributed by atoms with Gasteiger partial charge in [0.25, 0.3) is 0 Å². The fourth-order valence-electron chi connectivity index (χ4n) is 2.77. The van der Waals surface area contributed by atoms with E-state index in [-0.39, 0.29) is 6.04 Å². The van der Waals surface area contributed by atoms with Gasteiger partial charge in [-0.15, -0.1) is 11.3 Å². The number of thiophene rings is 1. The highest BCUT2D eigenvalue weighted by Crippen LogP contribution is 2.28. The number of hydrogen-bond donors (Lipinski definition) is 1. The predicted molar refractivity (Wildman–Crippen MR) is 83.5 cm³/mol. The fraction of sp³-hybridized carbons (Fsp3) is 0.714. The zero-order valence-electron chi connectivity index (χ0n) is 12.3. The first-order chi connectivity index (χ1) is 9.59. The van der Waals surface area contributed by atoms with Crippen molar-refractivity contribution in [2.75, 3.05) is 13.6 Å². The molecular weight excluding hydrogens is 292 g/mol. The van der Waals surface area contributed by atoms with Crippen LogP contribution >= 0.6 is 11.3 Å². The largest absolute Gasteiger partial charge is 0.315 e. The Labute approximate surface area is 126 Å². The number of nitrogens with one attached hydrogen (secondary N) is 1. The number of nitrogens with zero attached hydrogens (tertiary/aromatic N) is 1. The Morgan fingerprint density at radius 2 is 2.20 bits per heavy atom. The van der Waals surface area contributed by atoms with Gasteiger partial charge in [0.1, 0.15) is 0 Å². The summed E-state index contributed by atoms with van der Waals surface area (Å²) in [5.74, 6) is 0. The molecule has 1 fully saturated rings. The molecule has 0 radical (unpaired) electrons. The third-order valence-corrected chi connectivity index (χ3v) is 6.90. The molecule has 20 heavy (non-hydrogen) atoms. The van der Waals surface area contributed by atoms with Crippen LogP contribution in [-0.2, 0) is 16.6 Å². The molecule has 1 aromatic rings. The molecule has 1 N–H and O–H groups in total. The first-order valence-corrected chi connectivity index (χ1v) is 9.65. The summed E-state index contributed by atoms with van der Waals surface area (Å²) in [5.41, 5.74) is 0. The maximum absolute atomic E-state index is 12.8. The second-order valence-corrected chi connectivity index (χ2v) is 8.19. The second kappa shape index (κ2) is 7.02. The number of sulfonamides is 1. The molecule has 0 bridgehead atoms. The van der Waals surface area contributed by atoms with Crippen LogP contribution in [0.15, 0.2) is 16.3 Å². The molecule has 1 saturated heterocycles. The van der Waals surface area contributed by atoms with Gasteiger partial charge in [-0.1, -0.05) is 19.8 Å². The van der Waals surface area contributed by atoms with Crippen LogP contribution in [-0.4, -0.2) is 32.4 Å². The van der Waals surface area contributed by atoms with Gasteiger partial charge in [-0.25, -0.2) is 8.42 Å². The summed E-state index contributed by atoms with van der Waals surface area (Å²) in [6, 6.07) is 1.98. The van der Waals surface area contributed by atoms with Crippen LogP contribution < -0.4 is 5.32 Å². The summed E-state index contributed by atoms with van der Waals surface area (Å²) in [5, 5.41) is 4.84. The SMILES string of the molecule is CCC1CCCCCN1S(=O)(=O)c1csc(CNC)c1. The average molecular weight is 316 g/mol. The lowest BCUT2D eigenvalue weighted by atomic mass is 10.1. The average Bonchev–Trinajstić information content (AvgIpc) is 2.76. The maximum atomic E-state index is 12.8. The molecule has 0 aliphatic carbocycles. The molecule has 4 nitrogen and oxygen atoms in total. The molecule has 0 aromatic carbocycles. The highest BCUT2D eigenvalue weighted by molar-refractivity contribution is 7.89. The van der Waals surface area contributed by atoms with Crippen molar-refractivity contribution in [3.05, 3.63) is 16.3 Å².